The number of nitrogens with two attached hydrogens (primary N) is 1. The molecule has 0 aliphatic carbocycles. The van der Waals surface area contributed by atoms with Crippen LogP contribution in [0.15, 0.2) is 35.4 Å². The molecule has 8 nitrogen and oxygen atoms in total. The average molecular weight is 424 g/mol. The molecule has 0 saturated heterocycles. The zero-order valence-corrected chi connectivity index (χ0v) is 15.0. The molecule has 0 fully saturated rings. The van der Waals surface area contributed by atoms with Crippen LogP contribution in [0.5, 0.6) is 5.88 Å². The Labute approximate surface area is 176 Å². The van der Waals surface area contributed by atoms with Crippen molar-refractivity contribution < 1.29 is 34.3 Å². The molecule has 0 radical (unpaired) electrons. The third-order valence-corrected chi connectivity index (χ3v) is 3.99. The van der Waals surface area contributed by atoms with E-state index in [0.717, 1.165) is 18.2 Å². The van der Waals surface area contributed by atoms with Crippen LogP contribution in [0.25, 0.3) is 0 Å². The molecule has 3 rings (SSSR count). The quantitative estimate of drug-likeness (QED) is 0.778. The number of nitrogens with one attached hydrogen (secondary N) is 1. The van der Waals surface area contributed by atoms with E-state index in [2.05, 4.69) is 15.3 Å². The van der Waals surface area contributed by atoms with Crippen molar-refractivity contribution in [3.8, 4) is 11.9 Å². The highest BCUT2D eigenvalue weighted by Gasteiger charge is 2.46. The molecule has 3 N–H and O–H groups in total. The summed E-state index contributed by atoms with van der Waals surface area (Å²) in [5.41, 5.74) is 0.634. The molecule has 0 saturated carbocycles. The van der Waals surface area contributed by atoms with Gasteiger partial charge in [0.05, 0.1) is 14.9 Å². The van der Waals surface area contributed by atoms with Gasteiger partial charge in [-0.15, -0.1) is 0 Å². The minimum Gasteiger partial charge on any atom is -0.391 e. The predicted octanol–water partition coefficient (Wildman–Crippen LogP) is 2.86. The first-order valence-electron chi connectivity index (χ1n) is 10.7. The summed E-state index contributed by atoms with van der Waals surface area (Å²) in [5, 5.41) is 11.2. The Bertz CT molecular complexity index is 1250. The van der Waals surface area contributed by atoms with Crippen molar-refractivity contribution in [2.75, 3.05) is 18.5 Å². The molecule has 0 spiro atoms. The van der Waals surface area contributed by atoms with Crippen LogP contribution in [-0.4, -0.2) is 36.6 Å². The summed E-state index contributed by atoms with van der Waals surface area (Å²) in [5.74, 6) is -2.29. The maximum absolute atomic E-state index is 14.5. The number of benzene rings is 1. The third kappa shape index (κ3) is 4.18. The summed E-state index contributed by atoms with van der Waals surface area (Å²) in [6, 6.07) is 3.27. The number of hydrogen-bond donors (Lipinski definition) is 2. The first-order valence-corrected chi connectivity index (χ1v) is 8.21. The van der Waals surface area contributed by atoms with Crippen LogP contribution in [0.1, 0.15) is 23.5 Å². The van der Waals surface area contributed by atoms with Crippen molar-refractivity contribution in [1.82, 2.24) is 4.98 Å². The van der Waals surface area contributed by atoms with Gasteiger partial charge in [-0.25, -0.2) is 22.9 Å². The number of hydrogen-bond acceptors (Lipinski definition) is 7. The summed E-state index contributed by atoms with van der Waals surface area (Å²) >= 11 is 0. The van der Waals surface area contributed by atoms with Crippen molar-refractivity contribution in [3.05, 3.63) is 52.9 Å². The Morgan fingerprint density at radius 1 is 1.57 bits per heavy atom. The van der Waals surface area contributed by atoms with E-state index < -0.39 is 72.1 Å². The van der Waals surface area contributed by atoms with E-state index in [1.165, 1.54) is 6.07 Å². The minimum atomic E-state index is -3.23. The van der Waals surface area contributed by atoms with Crippen LogP contribution in [-0.2, 0) is 10.3 Å². The molecule has 1 atom stereocenters. The Morgan fingerprint density at radius 3 is 3.03 bits per heavy atom. The number of alkyl halides is 2. The number of carbonyl (C=O) groups excluding carboxylic acids is 1. The van der Waals surface area contributed by atoms with Gasteiger partial charge in [0.25, 0.3) is 6.43 Å². The first-order chi connectivity index (χ1) is 16.3. The summed E-state index contributed by atoms with van der Waals surface area (Å²) in [7, 11) is 0. The van der Waals surface area contributed by atoms with Gasteiger partial charge in [-0.2, -0.15) is 5.26 Å². The highest BCUT2D eigenvalue weighted by Crippen LogP contribution is 2.38. The number of amidine groups is 1. The van der Waals surface area contributed by atoms with Crippen LogP contribution >= 0.6 is 0 Å². The Hall–Kier alpha value is -3.65. The molecule has 11 heteroatoms. The Kier molecular flexibility index (Phi) is 4.25. The summed E-state index contributed by atoms with van der Waals surface area (Å²) < 4.78 is 90.5. The standard InChI is InChI=1S/C19H16F3N5O3/c1-10-4-11(6-23)7-25-16(10)30-18(28)26-12-2-3-14(20)13(5-12)19(17(21)22)9-29-8-15(24)27-19/h2-5,7,17H,8-9H2,1H3,(H2,24,27)(H,26,28)/t19-/m0/s1/i1D3,4D,7D. The number of halogens is 3. The van der Waals surface area contributed by atoms with Crippen molar-refractivity contribution in [2.24, 2.45) is 10.7 Å². The highest BCUT2D eigenvalue weighted by atomic mass is 19.3. The molecule has 2 aromatic rings. The number of pyridine rings is 1. The summed E-state index contributed by atoms with van der Waals surface area (Å²) in [6.45, 7) is -3.95. The molecule has 1 amide bonds. The second-order valence-electron chi connectivity index (χ2n) is 6.05. The van der Waals surface area contributed by atoms with Crippen LogP contribution in [0.4, 0.5) is 23.7 Å². The molecule has 0 bridgehead atoms. The maximum Gasteiger partial charge on any atom is 0.418 e. The molecule has 30 heavy (non-hydrogen) atoms. The van der Waals surface area contributed by atoms with Crippen LogP contribution in [0, 0.1) is 24.0 Å². The fraction of sp³-hybridized carbons (Fsp3) is 0.263. The first kappa shape index (κ1) is 15.2. The van der Waals surface area contributed by atoms with Crippen molar-refractivity contribution >= 4 is 17.6 Å². The van der Waals surface area contributed by atoms with E-state index >= 15 is 0 Å². The summed E-state index contributed by atoms with van der Waals surface area (Å²) in [6.07, 6.45) is -5.42. The zero-order valence-electron chi connectivity index (χ0n) is 20.0. The largest absolute Gasteiger partial charge is 0.418 e. The van der Waals surface area contributed by atoms with Gasteiger partial charge in [0.15, 0.2) is 5.54 Å². The zero-order chi connectivity index (χ0) is 26.1. The third-order valence-electron chi connectivity index (χ3n) is 3.99. The summed E-state index contributed by atoms with van der Waals surface area (Å²) in [4.78, 5) is 19.6. The second kappa shape index (κ2) is 8.38. The fourth-order valence-electron chi connectivity index (χ4n) is 2.66. The molecule has 1 aromatic carbocycles. The van der Waals surface area contributed by atoms with Crippen molar-refractivity contribution in [1.29, 1.82) is 5.26 Å². The normalized spacial score (nSPS) is 21.3. The van der Waals surface area contributed by atoms with Gasteiger partial charge in [0.1, 0.15) is 24.3 Å². The SMILES string of the molecule is [2H]c1nc(OC(=O)Nc2ccc(F)c([C@]3(C(F)F)COCC(N)=N3)c2)c(C([2H])([2H])[2H])c([2H])c1C#N. The number of anilines is 1. The van der Waals surface area contributed by atoms with E-state index in [-0.39, 0.29) is 18.1 Å². The molecule has 156 valence electrons. The average Bonchev–Trinajstić information content (AvgIpc) is 2.73. The highest BCUT2D eigenvalue weighted by molar-refractivity contribution is 5.86. The monoisotopic (exact) mass is 424 g/mol. The molecule has 2 heterocycles. The molecule has 0 unspecified atom stereocenters. The van der Waals surface area contributed by atoms with Crippen LogP contribution < -0.4 is 15.8 Å². The topological polar surface area (TPSA) is 123 Å². The van der Waals surface area contributed by atoms with Gasteiger partial charge < -0.3 is 15.2 Å². The number of nitrogens with zero attached hydrogens (tertiary/aromatic N) is 3. The van der Waals surface area contributed by atoms with E-state index in [0.29, 0.717) is 0 Å². The van der Waals surface area contributed by atoms with E-state index in [1.807, 2.05) is 0 Å². The van der Waals surface area contributed by atoms with Gasteiger partial charge in [-0.1, -0.05) is 0 Å². The molecular weight excluding hydrogens is 403 g/mol. The van der Waals surface area contributed by atoms with E-state index in [4.69, 9.17) is 27.3 Å². The number of nitriles is 1. The van der Waals surface area contributed by atoms with Gasteiger partial charge in [0.2, 0.25) is 5.88 Å². The van der Waals surface area contributed by atoms with Gasteiger partial charge in [-0.3, -0.25) is 10.3 Å². The van der Waals surface area contributed by atoms with E-state index in [1.54, 1.807) is 0 Å². The minimum absolute atomic E-state index is 0.222. The van der Waals surface area contributed by atoms with Crippen LogP contribution in [0.2, 0.25) is 0 Å². The predicted molar refractivity (Wildman–Crippen MR) is 99.9 cm³/mol. The lowest BCUT2D eigenvalue weighted by atomic mass is 9.90. The van der Waals surface area contributed by atoms with Gasteiger partial charge in [0, 0.05) is 27.1 Å². The number of aliphatic imine (C=N–C) groups is 1. The molecule has 1 aliphatic heterocycles. The van der Waals surface area contributed by atoms with Crippen LogP contribution in [0.3, 0.4) is 0 Å². The maximum atomic E-state index is 14.5. The van der Waals surface area contributed by atoms with Crippen molar-refractivity contribution in [2.45, 2.75) is 18.8 Å². The Balaban J connectivity index is 1.96. The lowest BCUT2D eigenvalue weighted by Crippen LogP contribution is -2.45. The number of aromatic nitrogens is 1. The fourth-order valence-corrected chi connectivity index (χ4v) is 2.66. The second-order valence-corrected chi connectivity index (χ2v) is 6.05. The Morgan fingerprint density at radius 2 is 2.37 bits per heavy atom. The number of amides is 1. The molecule has 1 aliphatic rings. The smallest absolute Gasteiger partial charge is 0.391 e. The lowest BCUT2D eigenvalue weighted by Gasteiger charge is -2.33. The number of ether oxygens (including phenoxy) is 2. The van der Waals surface area contributed by atoms with Gasteiger partial charge in [-0.05, 0) is 31.1 Å². The number of carbonyl (C=O) groups is 1. The number of rotatable bonds is 4. The van der Waals surface area contributed by atoms with E-state index in [9.17, 15) is 18.0 Å². The van der Waals surface area contributed by atoms with Gasteiger partial charge >= 0.3 is 6.09 Å². The molecule has 1 aromatic heterocycles. The lowest BCUT2D eigenvalue weighted by molar-refractivity contribution is -0.0145. The van der Waals surface area contributed by atoms with Crippen molar-refractivity contribution in [3.63, 3.8) is 0 Å². The molecular formula is C19H16F3N5O3.